The summed E-state index contributed by atoms with van der Waals surface area (Å²) in [7, 11) is 1.76. The quantitative estimate of drug-likeness (QED) is 0.848. The number of carbonyl (C=O) groups excluding carboxylic acids is 1. The van der Waals surface area contributed by atoms with Crippen molar-refractivity contribution in [3.05, 3.63) is 22.8 Å². The molecular formula is C12H16ClN3OS. The van der Waals surface area contributed by atoms with E-state index in [0.717, 1.165) is 18.1 Å². The molecule has 0 radical (unpaired) electrons. The predicted octanol–water partition coefficient (Wildman–Crippen LogP) is 2.35. The Balaban J connectivity index is 2.24. The Labute approximate surface area is 116 Å². The third-order valence-corrected chi connectivity index (χ3v) is 4.31. The average molecular weight is 286 g/mol. The van der Waals surface area contributed by atoms with Crippen molar-refractivity contribution in [1.82, 2.24) is 9.88 Å². The van der Waals surface area contributed by atoms with E-state index in [1.807, 2.05) is 16.7 Å². The molecular weight excluding hydrogens is 270 g/mol. The SMILES string of the molecule is CNc1cc(C(=O)N2CCSCC2C)cc(Cl)n1. The van der Waals surface area contributed by atoms with Gasteiger partial charge in [-0.15, -0.1) is 0 Å². The number of nitrogens with zero attached hydrogens (tertiary/aromatic N) is 2. The molecule has 0 bridgehead atoms. The zero-order valence-corrected chi connectivity index (χ0v) is 12.0. The third kappa shape index (κ3) is 2.90. The van der Waals surface area contributed by atoms with E-state index >= 15 is 0 Å². The van der Waals surface area contributed by atoms with Crippen LogP contribution >= 0.6 is 23.4 Å². The number of nitrogens with one attached hydrogen (secondary N) is 1. The number of amides is 1. The van der Waals surface area contributed by atoms with Gasteiger partial charge in [-0.25, -0.2) is 4.98 Å². The summed E-state index contributed by atoms with van der Waals surface area (Å²) in [4.78, 5) is 18.4. The van der Waals surface area contributed by atoms with Crippen LogP contribution in [0.15, 0.2) is 12.1 Å². The largest absolute Gasteiger partial charge is 0.373 e. The van der Waals surface area contributed by atoms with Gasteiger partial charge >= 0.3 is 0 Å². The monoisotopic (exact) mass is 285 g/mol. The van der Waals surface area contributed by atoms with E-state index in [1.165, 1.54) is 0 Å². The number of pyridine rings is 1. The van der Waals surface area contributed by atoms with Gasteiger partial charge in [-0.05, 0) is 19.1 Å². The zero-order chi connectivity index (χ0) is 13.1. The molecule has 1 saturated heterocycles. The predicted molar refractivity (Wildman–Crippen MR) is 76.6 cm³/mol. The molecule has 1 aliphatic heterocycles. The van der Waals surface area contributed by atoms with Gasteiger partial charge in [-0.1, -0.05) is 11.6 Å². The van der Waals surface area contributed by atoms with Crippen LogP contribution in [0.25, 0.3) is 0 Å². The number of thioether (sulfide) groups is 1. The first-order chi connectivity index (χ1) is 8.61. The Hall–Kier alpha value is -0.940. The van der Waals surface area contributed by atoms with Crippen LogP contribution in [0.5, 0.6) is 0 Å². The van der Waals surface area contributed by atoms with Crippen LogP contribution in [0.4, 0.5) is 5.82 Å². The minimum absolute atomic E-state index is 0.0311. The maximum absolute atomic E-state index is 12.4. The van der Waals surface area contributed by atoms with Gasteiger partial charge in [0.1, 0.15) is 11.0 Å². The smallest absolute Gasteiger partial charge is 0.254 e. The van der Waals surface area contributed by atoms with Crippen LogP contribution in [-0.4, -0.2) is 46.9 Å². The Morgan fingerprint density at radius 1 is 1.61 bits per heavy atom. The first kappa shape index (κ1) is 13.5. The summed E-state index contributed by atoms with van der Waals surface area (Å²) in [6, 6.07) is 3.63. The van der Waals surface area contributed by atoms with Crippen LogP contribution in [0.2, 0.25) is 5.15 Å². The zero-order valence-electron chi connectivity index (χ0n) is 10.4. The van der Waals surface area contributed by atoms with Crippen molar-refractivity contribution >= 4 is 35.1 Å². The van der Waals surface area contributed by atoms with Gasteiger partial charge in [0, 0.05) is 36.7 Å². The second-order valence-corrected chi connectivity index (χ2v) is 5.77. The van der Waals surface area contributed by atoms with Crippen molar-refractivity contribution in [2.45, 2.75) is 13.0 Å². The number of anilines is 1. The van der Waals surface area contributed by atoms with E-state index < -0.39 is 0 Å². The van der Waals surface area contributed by atoms with E-state index in [9.17, 15) is 4.79 Å². The number of rotatable bonds is 2. The van der Waals surface area contributed by atoms with Crippen molar-refractivity contribution in [2.24, 2.45) is 0 Å². The molecule has 0 aliphatic carbocycles. The van der Waals surface area contributed by atoms with Crippen molar-refractivity contribution in [1.29, 1.82) is 0 Å². The van der Waals surface area contributed by atoms with Gasteiger partial charge in [-0.3, -0.25) is 4.79 Å². The Morgan fingerprint density at radius 3 is 3.06 bits per heavy atom. The first-order valence-electron chi connectivity index (χ1n) is 5.86. The lowest BCUT2D eigenvalue weighted by Gasteiger charge is -2.33. The summed E-state index contributed by atoms with van der Waals surface area (Å²) in [6.07, 6.45) is 0. The topological polar surface area (TPSA) is 45.2 Å². The number of hydrogen-bond acceptors (Lipinski definition) is 4. The first-order valence-corrected chi connectivity index (χ1v) is 7.39. The third-order valence-electron chi connectivity index (χ3n) is 2.93. The summed E-state index contributed by atoms with van der Waals surface area (Å²) in [5.41, 5.74) is 0.595. The summed E-state index contributed by atoms with van der Waals surface area (Å²) in [5.74, 6) is 2.63. The van der Waals surface area contributed by atoms with E-state index in [1.54, 1.807) is 19.2 Å². The molecule has 1 fully saturated rings. The lowest BCUT2D eigenvalue weighted by molar-refractivity contribution is 0.0716. The van der Waals surface area contributed by atoms with E-state index in [4.69, 9.17) is 11.6 Å². The van der Waals surface area contributed by atoms with Gasteiger partial charge in [-0.2, -0.15) is 11.8 Å². The van der Waals surface area contributed by atoms with Crippen molar-refractivity contribution in [3.8, 4) is 0 Å². The van der Waals surface area contributed by atoms with Gasteiger partial charge in [0.05, 0.1) is 0 Å². The summed E-state index contributed by atoms with van der Waals surface area (Å²) in [5, 5.41) is 3.24. The van der Waals surface area contributed by atoms with Crippen LogP contribution < -0.4 is 5.32 Å². The highest BCUT2D eigenvalue weighted by molar-refractivity contribution is 7.99. The number of hydrogen-bond donors (Lipinski definition) is 1. The van der Waals surface area contributed by atoms with Gasteiger partial charge < -0.3 is 10.2 Å². The standard InChI is InChI=1S/C12H16ClN3OS/c1-8-7-18-4-3-16(8)12(17)9-5-10(13)15-11(6-9)14-2/h5-6,8H,3-4,7H2,1-2H3,(H,14,15). The van der Waals surface area contributed by atoms with Crippen molar-refractivity contribution in [2.75, 3.05) is 30.4 Å². The molecule has 2 heterocycles. The molecule has 0 aromatic carbocycles. The minimum atomic E-state index is 0.0311. The number of aromatic nitrogens is 1. The molecule has 4 nitrogen and oxygen atoms in total. The Morgan fingerprint density at radius 2 is 2.39 bits per heavy atom. The second-order valence-electron chi connectivity index (χ2n) is 4.24. The molecule has 98 valence electrons. The van der Waals surface area contributed by atoms with E-state index in [-0.39, 0.29) is 11.9 Å². The van der Waals surface area contributed by atoms with Crippen molar-refractivity contribution < 1.29 is 4.79 Å². The van der Waals surface area contributed by atoms with Gasteiger partial charge in [0.25, 0.3) is 5.91 Å². The van der Waals surface area contributed by atoms with Crippen LogP contribution in [0.3, 0.4) is 0 Å². The van der Waals surface area contributed by atoms with E-state index in [0.29, 0.717) is 16.5 Å². The molecule has 1 aliphatic rings. The molecule has 1 unspecified atom stereocenters. The van der Waals surface area contributed by atoms with Crippen LogP contribution in [-0.2, 0) is 0 Å². The highest BCUT2D eigenvalue weighted by Gasteiger charge is 2.25. The highest BCUT2D eigenvalue weighted by Crippen LogP contribution is 2.21. The molecule has 1 aromatic rings. The molecule has 0 spiro atoms. The van der Waals surface area contributed by atoms with Crippen molar-refractivity contribution in [3.63, 3.8) is 0 Å². The molecule has 1 N–H and O–H groups in total. The summed E-state index contributed by atoms with van der Waals surface area (Å²) in [6.45, 7) is 2.87. The van der Waals surface area contributed by atoms with Crippen LogP contribution in [0.1, 0.15) is 17.3 Å². The fourth-order valence-corrected chi connectivity index (χ4v) is 3.17. The number of halogens is 1. The normalized spacial score (nSPS) is 19.7. The fourth-order valence-electron chi connectivity index (χ4n) is 1.94. The van der Waals surface area contributed by atoms with Gasteiger partial charge in [0.2, 0.25) is 0 Å². The molecule has 1 amide bonds. The maximum atomic E-state index is 12.4. The Bertz CT molecular complexity index is 455. The lowest BCUT2D eigenvalue weighted by atomic mass is 10.2. The Kier molecular flexibility index (Phi) is 4.35. The van der Waals surface area contributed by atoms with Gasteiger partial charge in [0.15, 0.2) is 0 Å². The molecule has 6 heteroatoms. The molecule has 1 aromatic heterocycles. The molecule has 2 rings (SSSR count). The second kappa shape index (κ2) is 5.80. The average Bonchev–Trinajstić information content (AvgIpc) is 2.37. The number of carbonyl (C=O) groups is 1. The maximum Gasteiger partial charge on any atom is 0.254 e. The molecule has 0 saturated carbocycles. The van der Waals surface area contributed by atoms with E-state index in [2.05, 4.69) is 17.2 Å². The summed E-state index contributed by atoms with van der Waals surface area (Å²) < 4.78 is 0. The molecule has 18 heavy (non-hydrogen) atoms. The lowest BCUT2D eigenvalue weighted by Crippen LogP contribution is -2.44. The summed E-state index contributed by atoms with van der Waals surface area (Å²) >= 11 is 7.81. The fraction of sp³-hybridized carbons (Fsp3) is 0.500. The minimum Gasteiger partial charge on any atom is -0.373 e. The van der Waals surface area contributed by atoms with Crippen LogP contribution in [0, 0.1) is 0 Å². The highest BCUT2D eigenvalue weighted by atomic mass is 35.5. The molecule has 1 atom stereocenters.